The molecule has 6 heteroatoms. The van der Waals surface area contributed by atoms with Crippen molar-refractivity contribution in [3.8, 4) is 5.75 Å². The van der Waals surface area contributed by atoms with E-state index >= 15 is 0 Å². The molecule has 0 aliphatic carbocycles. The molecule has 1 unspecified atom stereocenters. The molecule has 0 spiro atoms. The van der Waals surface area contributed by atoms with Gasteiger partial charge in [0.25, 0.3) is 0 Å². The molecule has 2 aromatic rings. The van der Waals surface area contributed by atoms with Gasteiger partial charge in [0.2, 0.25) is 0 Å². The van der Waals surface area contributed by atoms with E-state index in [0.29, 0.717) is 10.9 Å². The number of rotatable bonds is 5. The fraction of sp³-hybridized carbons (Fsp3) is 0.200. The maximum absolute atomic E-state index is 13.0. The summed E-state index contributed by atoms with van der Waals surface area (Å²) in [6.07, 6.45) is 0.496. The lowest BCUT2D eigenvalue weighted by Gasteiger charge is -2.14. The molecule has 1 atom stereocenters. The van der Waals surface area contributed by atoms with Gasteiger partial charge in [-0.25, -0.2) is 4.39 Å². The molecule has 2 N–H and O–H groups in total. The number of hydrogen-bond acceptors (Lipinski definition) is 2. The lowest BCUT2D eigenvalue weighted by atomic mass is 9.99. The molecule has 0 aliphatic rings. The van der Waals surface area contributed by atoms with Gasteiger partial charge in [0, 0.05) is 10.5 Å². The van der Waals surface area contributed by atoms with Crippen molar-refractivity contribution >= 4 is 15.9 Å². The molecule has 0 saturated heterocycles. The fourth-order valence-corrected chi connectivity index (χ4v) is 2.45. The Hall–Kier alpha value is -1.53. The molecule has 2 aromatic carbocycles. The van der Waals surface area contributed by atoms with Gasteiger partial charge in [0.05, 0.1) is 0 Å². The maximum Gasteiger partial charge on any atom is 0.387 e. The van der Waals surface area contributed by atoms with Crippen LogP contribution < -0.4 is 10.5 Å². The first-order chi connectivity index (χ1) is 9.95. The Kier molecular flexibility index (Phi) is 5.25. The van der Waals surface area contributed by atoms with Gasteiger partial charge in [0.1, 0.15) is 11.6 Å². The molecule has 2 rings (SSSR count). The van der Waals surface area contributed by atoms with E-state index in [4.69, 9.17) is 5.73 Å². The topological polar surface area (TPSA) is 35.2 Å². The summed E-state index contributed by atoms with van der Waals surface area (Å²) in [6.45, 7) is -2.85. The smallest absolute Gasteiger partial charge is 0.387 e. The van der Waals surface area contributed by atoms with Crippen LogP contribution in [-0.4, -0.2) is 6.61 Å². The molecule has 0 fully saturated rings. The van der Waals surface area contributed by atoms with Crippen molar-refractivity contribution in [2.75, 3.05) is 0 Å². The second kappa shape index (κ2) is 6.95. The Labute approximate surface area is 128 Å². The van der Waals surface area contributed by atoms with E-state index < -0.39 is 6.61 Å². The second-order valence-corrected chi connectivity index (χ2v) is 5.35. The van der Waals surface area contributed by atoms with Crippen LogP contribution in [0, 0.1) is 5.82 Å². The quantitative estimate of drug-likeness (QED) is 0.856. The minimum absolute atomic E-state index is 0.0870. The molecule has 0 saturated carbocycles. The van der Waals surface area contributed by atoms with Crippen LogP contribution in [0.2, 0.25) is 0 Å². The van der Waals surface area contributed by atoms with Gasteiger partial charge in [-0.05, 0) is 41.8 Å². The van der Waals surface area contributed by atoms with Gasteiger partial charge in [-0.2, -0.15) is 8.78 Å². The first-order valence-electron chi connectivity index (χ1n) is 6.20. The van der Waals surface area contributed by atoms with Crippen LogP contribution in [0.25, 0.3) is 0 Å². The van der Waals surface area contributed by atoms with Crippen LogP contribution in [0.15, 0.2) is 46.9 Å². The van der Waals surface area contributed by atoms with Crippen molar-refractivity contribution in [2.45, 2.75) is 19.1 Å². The number of halogens is 4. The van der Waals surface area contributed by atoms with Crippen molar-refractivity contribution in [3.05, 3.63) is 63.9 Å². The first kappa shape index (κ1) is 15.9. The molecule has 0 heterocycles. The van der Waals surface area contributed by atoms with Crippen molar-refractivity contribution in [1.82, 2.24) is 0 Å². The summed E-state index contributed by atoms with van der Waals surface area (Å²) in [7, 11) is 0. The van der Waals surface area contributed by atoms with Crippen molar-refractivity contribution in [3.63, 3.8) is 0 Å². The van der Waals surface area contributed by atoms with Gasteiger partial charge >= 0.3 is 6.61 Å². The normalized spacial score (nSPS) is 12.5. The largest absolute Gasteiger partial charge is 0.435 e. The number of hydrogen-bond donors (Lipinski definition) is 1. The van der Waals surface area contributed by atoms with Crippen LogP contribution in [0.1, 0.15) is 17.2 Å². The van der Waals surface area contributed by atoms with Crippen molar-refractivity contribution < 1.29 is 17.9 Å². The average molecular weight is 360 g/mol. The lowest BCUT2D eigenvalue weighted by molar-refractivity contribution is -0.0498. The molecule has 21 heavy (non-hydrogen) atoms. The summed E-state index contributed by atoms with van der Waals surface area (Å²) in [4.78, 5) is 0. The van der Waals surface area contributed by atoms with Gasteiger partial charge in [-0.15, -0.1) is 0 Å². The second-order valence-electron chi connectivity index (χ2n) is 4.49. The van der Waals surface area contributed by atoms with E-state index in [1.165, 1.54) is 24.3 Å². The Morgan fingerprint density at radius 2 is 1.76 bits per heavy atom. The Morgan fingerprint density at radius 3 is 2.33 bits per heavy atom. The number of benzene rings is 2. The van der Waals surface area contributed by atoms with Gasteiger partial charge in [0.15, 0.2) is 0 Å². The molecular weight excluding hydrogens is 347 g/mol. The van der Waals surface area contributed by atoms with Crippen molar-refractivity contribution in [2.24, 2.45) is 5.73 Å². The number of alkyl halides is 2. The SMILES string of the molecule is NC(Cc1ccc(F)cc1Br)c1ccc(OC(F)F)cc1. The van der Waals surface area contributed by atoms with Gasteiger partial charge < -0.3 is 10.5 Å². The molecule has 0 amide bonds. The summed E-state index contributed by atoms with van der Waals surface area (Å²) in [5.41, 5.74) is 7.74. The third-order valence-corrected chi connectivity index (χ3v) is 3.73. The predicted octanol–water partition coefficient (Wildman–Crippen LogP) is 4.43. The summed E-state index contributed by atoms with van der Waals surface area (Å²) < 4.78 is 42.1. The van der Waals surface area contributed by atoms with Crippen LogP contribution in [0.4, 0.5) is 13.2 Å². The molecular formula is C15H13BrF3NO. The fourth-order valence-electron chi connectivity index (χ4n) is 1.94. The Balaban J connectivity index is 2.07. The third kappa shape index (κ3) is 4.47. The van der Waals surface area contributed by atoms with E-state index in [2.05, 4.69) is 20.7 Å². The van der Waals surface area contributed by atoms with Gasteiger partial charge in [-0.1, -0.05) is 34.1 Å². The Morgan fingerprint density at radius 1 is 1.10 bits per heavy atom. The van der Waals surface area contributed by atoms with Crippen LogP contribution in [0.5, 0.6) is 5.75 Å². The van der Waals surface area contributed by atoms with Crippen LogP contribution in [-0.2, 0) is 6.42 Å². The molecule has 0 aliphatic heterocycles. The van der Waals surface area contributed by atoms with E-state index in [0.717, 1.165) is 11.1 Å². The molecule has 0 bridgehead atoms. The highest BCUT2D eigenvalue weighted by Gasteiger charge is 2.11. The summed E-state index contributed by atoms with van der Waals surface area (Å²) >= 11 is 3.29. The standard InChI is InChI=1S/C15H13BrF3NO/c16-13-8-11(17)4-1-10(13)7-14(20)9-2-5-12(6-3-9)21-15(18)19/h1-6,8,14-15H,7,20H2. The third-order valence-electron chi connectivity index (χ3n) is 2.99. The highest BCUT2D eigenvalue weighted by molar-refractivity contribution is 9.10. The molecule has 0 radical (unpaired) electrons. The zero-order valence-corrected chi connectivity index (χ0v) is 12.5. The molecule has 2 nitrogen and oxygen atoms in total. The number of nitrogens with two attached hydrogens (primary N) is 1. The van der Waals surface area contributed by atoms with E-state index in [9.17, 15) is 13.2 Å². The van der Waals surface area contributed by atoms with Crippen LogP contribution in [0.3, 0.4) is 0 Å². The first-order valence-corrected chi connectivity index (χ1v) is 6.99. The van der Waals surface area contributed by atoms with E-state index in [1.54, 1.807) is 18.2 Å². The average Bonchev–Trinajstić information content (AvgIpc) is 2.42. The highest BCUT2D eigenvalue weighted by Crippen LogP contribution is 2.25. The highest BCUT2D eigenvalue weighted by atomic mass is 79.9. The maximum atomic E-state index is 13.0. The Bertz CT molecular complexity index is 604. The van der Waals surface area contributed by atoms with E-state index in [1.807, 2.05) is 0 Å². The lowest BCUT2D eigenvalue weighted by Crippen LogP contribution is -2.13. The van der Waals surface area contributed by atoms with Crippen LogP contribution >= 0.6 is 15.9 Å². The minimum atomic E-state index is -2.85. The monoisotopic (exact) mass is 359 g/mol. The van der Waals surface area contributed by atoms with E-state index in [-0.39, 0.29) is 17.6 Å². The van der Waals surface area contributed by atoms with Crippen molar-refractivity contribution in [1.29, 1.82) is 0 Å². The zero-order valence-electron chi connectivity index (χ0n) is 10.9. The van der Waals surface area contributed by atoms with Gasteiger partial charge in [-0.3, -0.25) is 0 Å². The number of ether oxygens (including phenoxy) is 1. The summed E-state index contributed by atoms with van der Waals surface area (Å²) in [5.74, 6) is -0.239. The zero-order chi connectivity index (χ0) is 15.4. The summed E-state index contributed by atoms with van der Waals surface area (Å²) in [6, 6.07) is 10.2. The summed E-state index contributed by atoms with van der Waals surface area (Å²) in [5, 5.41) is 0. The molecule has 112 valence electrons. The minimum Gasteiger partial charge on any atom is -0.435 e. The molecule has 0 aromatic heterocycles. The predicted molar refractivity (Wildman–Crippen MR) is 77.8 cm³/mol.